The van der Waals surface area contributed by atoms with Crippen molar-refractivity contribution in [3.8, 4) is 0 Å². The van der Waals surface area contributed by atoms with Gasteiger partial charge in [0.15, 0.2) is 6.54 Å². The molecule has 0 saturated carbocycles. The number of carbonyl (C=O) groups is 1. The zero-order chi connectivity index (χ0) is 15.2. The lowest BCUT2D eigenvalue weighted by Gasteiger charge is -2.14. The van der Waals surface area contributed by atoms with E-state index in [-0.39, 0.29) is 11.7 Å². The van der Waals surface area contributed by atoms with E-state index in [1.165, 1.54) is 12.1 Å². The highest BCUT2D eigenvalue weighted by Gasteiger charge is 2.12. The van der Waals surface area contributed by atoms with E-state index in [2.05, 4.69) is 27.9 Å². The number of amides is 1. The SMILES string of the molecule is C[NH+](CC(=O)Nc1ccccc1I)Cc1ccc(F)cc1. The van der Waals surface area contributed by atoms with E-state index in [9.17, 15) is 9.18 Å². The Bertz CT molecular complexity index is 616. The molecule has 0 aromatic heterocycles. The molecule has 0 spiro atoms. The number of para-hydroxylation sites is 1. The zero-order valence-corrected chi connectivity index (χ0v) is 13.9. The molecule has 0 aliphatic heterocycles. The molecule has 2 aromatic carbocycles. The molecule has 0 radical (unpaired) electrons. The molecule has 2 aromatic rings. The van der Waals surface area contributed by atoms with E-state index >= 15 is 0 Å². The summed E-state index contributed by atoms with van der Waals surface area (Å²) in [5.74, 6) is -0.272. The number of hydrogen-bond donors (Lipinski definition) is 2. The topological polar surface area (TPSA) is 33.5 Å². The summed E-state index contributed by atoms with van der Waals surface area (Å²) in [6.45, 7) is 1.04. The molecule has 1 unspecified atom stereocenters. The van der Waals surface area contributed by atoms with Crippen LogP contribution in [0.15, 0.2) is 48.5 Å². The van der Waals surface area contributed by atoms with E-state index in [0.29, 0.717) is 13.1 Å². The lowest BCUT2D eigenvalue weighted by molar-refractivity contribution is -0.885. The molecule has 5 heteroatoms. The van der Waals surface area contributed by atoms with Crippen LogP contribution in [0.5, 0.6) is 0 Å². The predicted molar refractivity (Wildman–Crippen MR) is 89.6 cm³/mol. The Morgan fingerprint density at radius 1 is 1.19 bits per heavy atom. The highest BCUT2D eigenvalue weighted by Crippen LogP contribution is 2.16. The third kappa shape index (κ3) is 5.09. The third-order valence-corrected chi connectivity index (χ3v) is 3.97. The lowest BCUT2D eigenvalue weighted by Crippen LogP contribution is -3.08. The van der Waals surface area contributed by atoms with Gasteiger partial charge in [-0.25, -0.2) is 4.39 Å². The fraction of sp³-hybridized carbons (Fsp3) is 0.188. The summed E-state index contributed by atoms with van der Waals surface area (Å²) in [7, 11) is 1.94. The van der Waals surface area contributed by atoms with Gasteiger partial charge in [-0.2, -0.15) is 0 Å². The number of hydrogen-bond acceptors (Lipinski definition) is 1. The van der Waals surface area contributed by atoms with Gasteiger partial charge in [-0.3, -0.25) is 4.79 Å². The van der Waals surface area contributed by atoms with Gasteiger partial charge in [0.05, 0.1) is 12.7 Å². The van der Waals surface area contributed by atoms with Gasteiger partial charge in [0, 0.05) is 9.13 Å². The van der Waals surface area contributed by atoms with Crippen molar-refractivity contribution < 1.29 is 14.1 Å². The molecule has 0 heterocycles. The van der Waals surface area contributed by atoms with Gasteiger partial charge in [-0.15, -0.1) is 0 Å². The summed E-state index contributed by atoms with van der Waals surface area (Å²) < 4.78 is 13.9. The van der Waals surface area contributed by atoms with Crippen molar-refractivity contribution in [2.75, 3.05) is 18.9 Å². The van der Waals surface area contributed by atoms with Crippen LogP contribution in [0.1, 0.15) is 5.56 Å². The van der Waals surface area contributed by atoms with Crippen LogP contribution < -0.4 is 10.2 Å². The van der Waals surface area contributed by atoms with Crippen molar-refractivity contribution in [2.45, 2.75) is 6.54 Å². The highest BCUT2D eigenvalue weighted by molar-refractivity contribution is 14.1. The van der Waals surface area contributed by atoms with Crippen LogP contribution in [0.25, 0.3) is 0 Å². The Hall–Kier alpha value is -1.47. The Kier molecular flexibility index (Phi) is 5.69. The number of nitrogens with one attached hydrogen (secondary N) is 2. The number of carbonyl (C=O) groups excluding carboxylic acids is 1. The van der Waals surface area contributed by atoms with Gasteiger partial charge in [0.1, 0.15) is 12.4 Å². The summed E-state index contributed by atoms with van der Waals surface area (Å²) in [5.41, 5.74) is 1.84. The fourth-order valence-electron chi connectivity index (χ4n) is 2.04. The van der Waals surface area contributed by atoms with Gasteiger partial charge >= 0.3 is 0 Å². The van der Waals surface area contributed by atoms with Crippen LogP contribution in [-0.4, -0.2) is 19.5 Å². The van der Waals surface area contributed by atoms with Crippen LogP contribution in [0, 0.1) is 9.39 Å². The molecule has 2 N–H and O–H groups in total. The maximum absolute atomic E-state index is 12.8. The minimum atomic E-state index is -0.243. The molecule has 3 nitrogen and oxygen atoms in total. The zero-order valence-electron chi connectivity index (χ0n) is 11.7. The smallest absolute Gasteiger partial charge is 0.279 e. The number of halogens is 2. The molecule has 1 atom stereocenters. The van der Waals surface area contributed by atoms with Gasteiger partial charge in [-0.05, 0) is 46.9 Å². The average Bonchev–Trinajstić information content (AvgIpc) is 2.44. The third-order valence-electron chi connectivity index (χ3n) is 3.03. The first-order valence-electron chi connectivity index (χ1n) is 6.65. The average molecular weight is 399 g/mol. The Balaban J connectivity index is 1.87. The van der Waals surface area contributed by atoms with Gasteiger partial charge in [0.2, 0.25) is 0 Å². The quantitative estimate of drug-likeness (QED) is 0.742. The summed E-state index contributed by atoms with van der Waals surface area (Å²) in [4.78, 5) is 13.1. The second kappa shape index (κ2) is 7.51. The van der Waals surface area contributed by atoms with Crippen molar-refractivity contribution in [2.24, 2.45) is 0 Å². The van der Waals surface area contributed by atoms with Crippen molar-refractivity contribution >= 4 is 34.2 Å². The molecule has 0 bridgehead atoms. The van der Waals surface area contributed by atoms with Crippen LogP contribution >= 0.6 is 22.6 Å². The standard InChI is InChI=1S/C16H16FIN2O/c1-20(10-12-6-8-13(17)9-7-12)11-16(21)19-15-5-3-2-4-14(15)18/h2-9H,10-11H2,1H3,(H,19,21)/p+1. The molecule has 2 rings (SSSR count). The fourth-order valence-corrected chi connectivity index (χ4v) is 2.57. The van der Waals surface area contributed by atoms with Crippen molar-refractivity contribution in [1.82, 2.24) is 0 Å². The molecule has 0 fully saturated rings. The van der Waals surface area contributed by atoms with E-state index in [1.807, 2.05) is 31.3 Å². The van der Waals surface area contributed by atoms with E-state index in [4.69, 9.17) is 0 Å². The summed E-state index contributed by atoms with van der Waals surface area (Å²) in [5, 5.41) is 2.91. The first-order valence-corrected chi connectivity index (χ1v) is 7.72. The van der Waals surface area contributed by atoms with Crippen molar-refractivity contribution in [3.05, 3.63) is 63.5 Å². The first kappa shape index (κ1) is 15.9. The maximum Gasteiger partial charge on any atom is 0.279 e. The van der Waals surface area contributed by atoms with Crippen molar-refractivity contribution in [3.63, 3.8) is 0 Å². The Labute approximate surface area is 137 Å². The van der Waals surface area contributed by atoms with Crippen LogP contribution in [0.2, 0.25) is 0 Å². The molecule has 0 saturated heterocycles. The van der Waals surface area contributed by atoms with Crippen LogP contribution in [-0.2, 0) is 11.3 Å². The Morgan fingerprint density at radius 2 is 1.86 bits per heavy atom. The van der Waals surface area contributed by atoms with Crippen LogP contribution in [0.3, 0.4) is 0 Å². The number of benzene rings is 2. The van der Waals surface area contributed by atoms with Gasteiger partial charge < -0.3 is 10.2 Å². The van der Waals surface area contributed by atoms with E-state index < -0.39 is 0 Å². The normalized spacial score (nSPS) is 12.0. The number of anilines is 1. The summed E-state index contributed by atoms with van der Waals surface area (Å²) in [6, 6.07) is 14.0. The molecule has 0 aliphatic carbocycles. The van der Waals surface area contributed by atoms with Gasteiger partial charge in [0.25, 0.3) is 5.91 Å². The molecule has 1 amide bonds. The highest BCUT2D eigenvalue weighted by atomic mass is 127. The number of rotatable bonds is 5. The molecule has 0 aliphatic rings. The number of quaternary nitrogens is 1. The predicted octanol–water partition coefficient (Wildman–Crippen LogP) is 2.08. The maximum atomic E-state index is 12.8. The summed E-state index contributed by atoms with van der Waals surface area (Å²) >= 11 is 2.19. The molecule has 110 valence electrons. The number of likely N-dealkylation sites (N-methyl/N-ethyl adjacent to an activating group) is 1. The molecule has 21 heavy (non-hydrogen) atoms. The molecular weight excluding hydrogens is 382 g/mol. The molecular formula is C16H17FIN2O+. The van der Waals surface area contributed by atoms with Gasteiger partial charge in [-0.1, -0.05) is 24.3 Å². The minimum Gasteiger partial charge on any atom is -0.326 e. The lowest BCUT2D eigenvalue weighted by atomic mass is 10.2. The monoisotopic (exact) mass is 399 g/mol. The second-order valence-electron chi connectivity index (χ2n) is 4.97. The minimum absolute atomic E-state index is 0.0290. The first-order chi connectivity index (χ1) is 10.0. The largest absolute Gasteiger partial charge is 0.326 e. The van der Waals surface area contributed by atoms with E-state index in [0.717, 1.165) is 19.7 Å². The van der Waals surface area contributed by atoms with E-state index in [1.54, 1.807) is 12.1 Å². The van der Waals surface area contributed by atoms with Crippen LogP contribution in [0.4, 0.5) is 10.1 Å². The van der Waals surface area contributed by atoms with Crippen molar-refractivity contribution in [1.29, 1.82) is 0 Å². The Morgan fingerprint density at radius 3 is 2.52 bits per heavy atom. The second-order valence-corrected chi connectivity index (χ2v) is 6.13. The summed E-state index contributed by atoms with van der Waals surface area (Å²) in [6.07, 6.45) is 0.